The smallest absolute Gasteiger partial charge is 0.463 e. The number of ether oxygens (including phenoxy) is 3. The fourth-order valence-corrected chi connectivity index (χ4v) is 15.5. The summed E-state index contributed by atoms with van der Waals surface area (Å²) < 4.78 is 61.4. The lowest BCUT2D eigenvalue weighted by molar-refractivity contribution is -0.161. The molecule has 0 aliphatic rings. The highest BCUT2D eigenvalue weighted by Crippen LogP contribution is 2.45. The van der Waals surface area contributed by atoms with E-state index in [1.54, 1.807) is 0 Å². The number of aliphatic hydroxyl groups excluding tert-OH is 2. The molecule has 0 aliphatic heterocycles. The van der Waals surface area contributed by atoms with Crippen molar-refractivity contribution in [2.45, 2.75) is 476 Å². The lowest BCUT2D eigenvalue weighted by atomic mass is 10.0. The zero-order valence-corrected chi connectivity index (χ0v) is 77.2. The predicted molar refractivity (Wildman–Crippen MR) is 491 cm³/mol. The first-order chi connectivity index (χ1) is 57.2. The summed E-state index contributed by atoms with van der Waals surface area (Å²) in [5, 5.41) is 20.7. The average molecular weight is 1690 g/mol. The topological polar surface area (TPSA) is 231 Å². The second-order valence-electron chi connectivity index (χ2n) is 32.9. The second kappa shape index (κ2) is 91.7. The van der Waals surface area contributed by atoms with Crippen molar-refractivity contribution in [2.75, 3.05) is 39.6 Å². The Morgan fingerprint density at radius 3 is 0.692 bits per heavy atom. The summed E-state index contributed by atoms with van der Waals surface area (Å²) in [4.78, 5) is 58.9. The van der Waals surface area contributed by atoms with E-state index < -0.39 is 91.5 Å². The number of carbonyl (C=O) groups is 3. The summed E-state index contributed by atoms with van der Waals surface area (Å²) in [6, 6.07) is 0. The first-order valence-electron chi connectivity index (χ1n) is 48.5. The van der Waals surface area contributed by atoms with Crippen LogP contribution in [0.5, 0.6) is 0 Å². The Morgan fingerprint density at radius 1 is 0.239 bits per heavy atom. The third-order valence-electron chi connectivity index (χ3n) is 21.3. The molecule has 0 spiro atoms. The van der Waals surface area contributed by atoms with Crippen LogP contribution in [0.3, 0.4) is 0 Å². The molecule has 0 rings (SSSR count). The van der Waals surface area contributed by atoms with Crippen LogP contribution in [-0.4, -0.2) is 95.9 Å². The van der Waals surface area contributed by atoms with Crippen molar-refractivity contribution in [3.63, 3.8) is 0 Å². The summed E-state index contributed by atoms with van der Waals surface area (Å²) in [5.41, 5.74) is 0. The Hall–Kier alpha value is -3.53. The van der Waals surface area contributed by atoms with Crippen molar-refractivity contribution < 1.29 is 75.8 Å². The molecule has 18 heteroatoms. The van der Waals surface area contributed by atoms with Gasteiger partial charge < -0.3 is 34.2 Å². The maximum absolute atomic E-state index is 13.0. The zero-order valence-electron chi connectivity index (χ0n) is 75.4. The van der Waals surface area contributed by atoms with E-state index in [0.717, 1.165) is 103 Å². The highest BCUT2D eigenvalue weighted by molar-refractivity contribution is 7.47. The number of esters is 3. The van der Waals surface area contributed by atoms with Gasteiger partial charge in [-0.15, -0.1) is 0 Å². The lowest BCUT2D eigenvalue weighted by Crippen LogP contribution is -2.30. The van der Waals surface area contributed by atoms with Crippen molar-refractivity contribution in [3.8, 4) is 0 Å². The molecule has 0 bridgehead atoms. The first-order valence-corrected chi connectivity index (χ1v) is 51.5. The Balaban J connectivity index is 4.33. The summed E-state index contributed by atoms with van der Waals surface area (Å²) in [6.45, 7) is 2.72. The molecule has 117 heavy (non-hydrogen) atoms. The van der Waals surface area contributed by atoms with E-state index in [2.05, 4.69) is 118 Å². The van der Waals surface area contributed by atoms with E-state index in [0.29, 0.717) is 19.3 Å². The Kier molecular flexibility index (Phi) is 88.9. The Bertz CT molecular complexity index is 2510. The maximum Gasteiger partial charge on any atom is 0.472 e. The number of aliphatic hydroxyl groups is 2. The standard InChI is InChI=1S/C99H180O16P2/c1-4-7-10-13-16-19-22-25-27-29-31-33-35-37-39-41-43-45-46-48-50-51-53-55-57-59-61-63-65-68-70-73-76-79-82-85-97(102)109-88-94(100)89-111-116(105,106)112-90-95(101)91-113-117(107,108)114-93-96(115-99(104)87-84-81-78-75-72-67-24-21-18-15-12-9-6-3)92-110-98(103)86-83-80-77-74-71-69-66-64-62-60-58-56-54-52-49-47-44-42-40-38-36-34-32-30-28-26-23-20-17-14-11-8-5-2/h16-17,19-20,25-28,31-34,37-40,94-96,100-101H,4-15,18,21-24,29-30,35-36,41-93H2,1-3H3,(H,105,106)(H,107,108)/b19-16-,20-17-,27-25-,28-26-,33-31-,34-32-,39-37-,40-38-. The van der Waals surface area contributed by atoms with E-state index in [1.165, 1.54) is 295 Å². The second-order valence-corrected chi connectivity index (χ2v) is 35.8. The average Bonchev–Trinajstić information content (AvgIpc) is 0.900. The molecule has 0 aromatic rings. The molecular weight excluding hydrogens is 1510 g/mol. The Morgan fingerprint density at radius 2 is 0.427 bits per heavy atom. The van der Waals surface area contributed by atoms with Crippen LogP contribution < -0.4 is 0 Å². The molecule has 682 valence electrons. The van der Waals surface area contributed by atoms with Crippen LogP contribution in [0.4, 0.5) is 0 Å². The van der Waals surface area contributed by atoms with Gasteiger partial charge in [0.1, 0.15) is 25.4 Å². The SMILES string of the molecule is CCCCC/C=C\C/C=C\C/C=C\C/C=C\CCCCCCCCCCCCCCCCCCCCCC(=O)OCC(O)COP(=O)(O)OCC(O)COP(=O)(O)OCC(COC(=O)CCCCCCCCCCCCCCCCCCC/C=C\C/C=C\C/C=C\C/C=C\CCCCC)OC(=O)CCCCCCCCCCCCCCC. The number of allylic oxidation sites excluding steroid dienone is 16. The minimum absolute atomic E-state index is 0.111. The molecule has 0 aromatic heterocycles. The van der Waals surface area contributed by atoms with Gasteiger partial charge in [0.15, 0.2) is 6.10 Å². The summed E-state index contributed by atoms with van der Waals surface area (Å²) >= 11 is 0. The lowest BCUT2D eigenvalue weighted by Gasteiger charge is -2.21. The van der Waals surface area contributed by atoms with E-state index >= 15 is 0 Å². The van der Waals surface area contributed by atoms with Gasteiger partial charge in [-0.25, -0.2) is 9.13 Å². The molecule has 0 aliphatic carbocycles. The van der Waals surface area contributed by atoms with Gasteiger partial charge in [0.25, 0.3) is 0 Å². The van der Waals surface area contributed by atoms with Crippen LogP contribution in [0.25, 0.3) is 0 Å². The van der Waals surface area contributed by atoms with Gasteiger partial charge >= 0.3 is 33.6 Å². The first kappa shape index (κ1) is 113. The minimum Gasteiger partial charge on any atom is -0.463 e. The summed E-state index contributed by atoms with van der Waals surface area (Å²) in [6.07, 6.45) is 111. The molecule has 16 nitrogen and oxygen atoms in total. The zero-order chi connectivity index (χ0) is 85.1. The minimum atomic E-state index is -4.93. The molecule has 0 radical (unpaired) electrons. The largest absolute Gasteiger partial charge is 0.472 e. The van der Waals surface area contributed by atoms with Gasteiger partial charge in [0.05, 0.1) is 26.4 Å². The molecule has 5 unspecified atom stereocenters. The monoisotopic (exact) mass is 1690 g/mol. The summed E-state index contributed by atoms with van der Waals surface area (Å²) in [5.74, 6) is -1.54. The third-order valence-corrected chi connectivity index (χ3v) is 23.2. The van der Waals surface area contributed by atoms with Crippen molar-refractivity contribution in [3.05, 3.63) is 97.2 Å². The number of hydrogen-bond donors (Lipinski definition) is 4. The molecule has 4 N–H and O–H groups in total. The van der Waals surface area contributed by atoms with Crippen molar-refractivity contribution in [1.29, 1.82) is 0 Å². The van der Waals surface area contributed by atoms with Gasteiger partial charge in [-0.2, -0.15) is 0 Å². The number of carbonyl (C=O) groups excluding carboxylic acids is 3. The molecule has 0 amide bonds. The number of phosphoric ester groups is 2. The van der Waals surface area contributed by atoms with E-state index in [1.807, 2.05) is 0 Å². The van der Waals surface area contributed by atoms with Gasteiger partial charge in [0, 0.05) is 19.3 Å². The van der Waals surface area contributed by atoms with Crippen LogP contribution in [0.1, 0.15) is 457 Å². The number of rotatable bonds is 93. The van der Waals surface area contributed by atoms with Gasteiger partial charge in [-0.1, -0.05) is 426 Å². The number of hydrogen-bond acceptors (Lipinski definition) is 14. The molecular formula is C99H180O16P2. The molecule has 0 aromatic carbocycles. The van der Waals surface area contributed by atoms with Crippen molar-refractivity contribution in [2.24, 2.45) is 0 Å². The summed E-state index contributed by atoms with van der Waals surface area (Å²) in [7, 11) is -9.79. The van der Waals surface area contributed by atoms with Gasteiger partial charge in [-0.05, 0) is 109 Å². The third kappa shape index (κ3) is 93.0. The van der Waals surface area contributed by atoms with E-state index in [4.69, 9.17) is 32.3 Å². The van der Waals surface area contributed by atoms with Crippen molar-refractivity contribution >= 4 is 33.6 Å². The highest BCUT2D eigenvalue weighted by Gasteiger charge is 2.30. The van der Waals surface area contributed by atoms with Crippen LogP contribution in [0.2, 0.25) is 0 Å². The van der Waals surface area contributed by atoms with Crippen LogP contribution >= 0.6 is 15.6 Å². The predicted octanol–water partition coefficient (Wildman–Crippen LogP) is 30.0. The molecule has 0 fully saturated rings. The normalized spacial score (nSPS) is 14.1. The quantitative estimate of drug-likeness (QED) is 0.0146. The van der Waals surface area contributed by atoms with E-state index in [9.17, 15) is 43.5 Å². The van der Waals surface area contributed by atoms with Crippen LogP contribution in [-0.2, 0) is 55.8 Å². The number of unbranched alkanes of at least 4 members (excludes halogenated alkanes) is 54. The Labute approximate surface area is 718 Å². The van der Waals surface area contributed by atoms with Gasteiger partial charge in [-0.3, -0.25) is 32.5 Å². The number of phosphoric acid groups is 2. The molecule has 5 atom stereocenters. The molecule has 0 heterocycles. The van der Waals surface area contributed by atoms with Gasteiger partial charge in [0.2, 0.25) is 0 Å². The highest BCUT2D eigenvalue weighted by atomic mass is 31.2. The van der Waals surface area contributed by atoms with Crippen LogP contribution in [0.15, 0.2) is 97.2 Å². The fraction of sp³-hybridized carbons (Fsp3) is 0.808. The molecule has 0 saturated carbocycles. The van der Waals surface area contributed by atoms with Crippen molar-refractivity contribution in [1.82, 2.24) is 0 Å². The maximum atomic E-state index is 13.0. The molecule has 0 saturated heterocycles. The van der Waals surface area contributed by atoms with Crippen LogP contribution in [0, 0.1) is 0 Å². The van der Waals surface area contributed by atoms with E-state index in [-0.39, 0.29) is 19.3 Å². The fourth-order valence-electron chi connectivity index (χ4n) is 13.9.